The number of halogens is 1. The third kappa shape index (κ3) is 3.20. The van der Waals surface area contributed by atoms with Gasteiger partial charge in [0, 0.05) is 13.1 Å². The SMILES string of the molecule is CCn1ncc(NCC(C)c2ccccc2)c(Cl)c1=O. The highest BCUT2D eigenvalue weighted by molar-refractivity contribution is 6.32. The monoisotopic (exact) mass is 291 g/mol. The average molecular weight is 292 g/mol. The summed E-state index contributed by atoms with van der Waals surface area (Å²) in [5.41, 5.74) is 1.57. The molecule has 1 aromatic carbocycles. The maximum absolute atomic E-state index is 11.9. The Kier molecular flexibility index (Phi) is 4.79. The minimum absolute atomic E-state index is 0.196. The van der Waals surface area contributed by atoms with Gasteiger partial charge in [-0.3, -0.25) is 4.79 Å². The van der Waals surface area contributed by atoms with Crippen molar-refractivity contribution in [1.82, 2.24) is 9.78 Å². The van der Waals surface area contributed by atoms with E-state index in [0.29, 0.717) is 24.7 Å². The quantitative estimate of drug-likeness (QED) is 0.920. The summed E-state index contributed by atoms with van der Waals surface area (Å²) in [4.78, 5) is 11.9. The van der Waals surface area contributed by atoms with E-state index in [-0.39, 0.29) is 10.6 Å². The van der Waals surface area contributed by atoms with Gasteiger partial charge in [0.05, 0.1) is 11.9 Å². The van der Waals surface area contributed by atoms with Crippen LogP contribution in [0.3, 0.4) is 0 Å². The second-order valence-corrected chi connectivity index (χ2v) is 5.06. The molecular weight excluding hydrogens is 274 g/mol. The Balaban J connectivity index is 2.08. The fraction of sp³-hybridized carbons (Fsp3) is 0.333. The van der Waals surface area contributed by atoms with Crippen LogP contribution in [0, 0.1) is 0 Å². The van der Waals surface area contributed by atoms with Crippen molar-refractivity contribution in [3.8, 4) is 0 Å². The number of hydrogen-bond acceptors (Lipinski definition) is 3. The molecule has 0 saturated carbocycles. The summed E-state index contributed by atoms with van der Waals surface area (Å²) < 4.78 is 1.34. The Morgan fingerprint density at radius 2 is 2.05 bits per heavy atom. The molecule has 0 aliphatic heterocycles. The van der Waals surface area contributed by atoms with E-state index in [0.717, 1.165) is 0 Å². The molecule has 20 heavy (non-hydrogen) atoms. The van der Waals surface area contributed by atoms with Crippen molar-refractivity contribution in [2.45, 2.75) is 26.3 Å². The first-order valence-corrected chi connectivity index (χ1v) is 7.05. The smallest absolute Gasteiger partial charge is 0.287 e. The Morgan fingerprint density at radius 3 is 2.70 bits per heavy atom. The number of aryl methyl sites for hydroxylation is 1. The normalized spacial score (nSPS) is 12.2. The lowest BCUT2D eigenvalue weighted by Gasteiger charge is -2.15. The van der Waals surface area contributed by atoms with Crippen LogP contribution < -0.4 is 10.9 Å². The van der Waals surface area contributed by atoms with Gasteiger partial charge in [0.1, 0.15) is 5.02 Å². The van der Waals surface area contributed by atoms with E-state index in [1.165, 1.54) is 10.2 Å². The molecule has 1 unspecified atom stereocenters. The molecule has 0 saturated heterocycles. The molecule has 4 nitrogen and oxygen atoms in total. The number of hydrogen-bond donors (Lipinski definition) is 1. The van der Waals surface area contributed by atoms with Crippen LogP contribution in [-0.2, 0) is 6.54 Å². The van der Waals surface area contributed by atoms with Crippen LogP contribution in [0.4, 0.5) is 5.69 Å². The van der Waals surface area contributed by atoms with E-state index in [1.54, 1.807) is 6.20 Å². The molecule has 0 radical (unpaired) electrons. The van der Waals surface area contributed by atoms with Crippen LogP contribution in [0.2, 0.25) is 5.02 Å². The summed E-state index contributed by atoms with van der Waals surface area (Å²) >= 11 is 6.07. The first-order valence-electron chi connectivity index (χ1n) is 6.68. The Morgan fingerprint density at radius 1 is 1.35 bits per heavy atom. The van der Waals surface area contributed by atoms with E-state index in [2.05, 4.69) is 29.5 Å². The fourth-order valence-electron chi connectivity index (χ4n) is 1.98. The zero-order valence-corrected chi connectivity index (χ0v) is 12.4. The zero-order chi connectivity index (χ0) is 14.5. The molecule has 106 valence electrons. The minimum atomic E-state index is -0.258. The molecule has 2 rings (SSSR count). The van der Waals surface area contributed by atoms with Gasteiger partial charge in [0.25, 0.3) is 5.56 Å². The summed E-state index contributed by atoms with van der Waals surface area (Å²) in [7, 11) is 0. The summed E-state index contributed by atoms with van der Waals surface area (Å²) in [6.07, 6.45) is 1.60. The maximum Gasteiger partial charge on any atom is 0.287 e. The lowest BCUT2D eigenvalue weighted by atomic mass is 10.0. The van der Waals surface area contributed by atoms with E-state index >= 15 is 0 Å². The van der Waals surface area contributed by atoms with E-state index in [9.17, 15) is 4.79 Å². The van der Waals surface area contributed by atoms with Crippen molar-refractivity contribution in [3.63, 3.8) is 0 Å². The van der Waals surface area contributed by atoms with Crippen molar-refractivity contribution >= 4 is 17.3 Å². The Bertz CT molecular complexity index is 625. The number of nitrogens with one attached hydrogen (secondary N) is 1. The Labute approximate surface area is 123 Å². The topological polar surface area (TPSA) is 46.9 Å². The second kappa shape index (κ2) is 6.57. The summed E-state index contributed by atoms with van der Waals surface area (Å²) in [6.45, 7) is 5.19. The summed E-state index contributed by atoms with van der Waals surface area (Å²) in [6, 6.07) is 10.2. The highest BCUT2D eigenvalue weighted by Gasteiger charge is 2.10. The minimum Gasteiger partial charge on any atom is -0.382 e. The third-order valence-electron chi connectivity index (χ3n) is 3.25. The predicted octanol–water partition coefficient (Wildman–Crippen LogP) is 3.13. The third-order valence-corrected chi connectivity index (χ3v) is 3.62. The second-order valence-electron chi connectivity index (χ2n) is 4.69. The van der Waals surface area contributed by atoms with Crippen LogP contribution in [-0.4, -0.2) is 16.3 Å². The Hall–Kier alpha value is -1.81. The molecule has 5 heteroatoms. The number of aromatic nitrogens is 2. The van der Waals surface area contributed by atoms with Gasteiger partial charge in [-0.05, 0) is 18.4 Å². The molecule has 1 heterocycles. The first kappa shape index (κ1) is 14.6. The van der Waals surface area contributed by atoms with Crippen LogP contribution >= 0.6 is 11.6 Å². The summed E-state index contributed by atoms with van der Waals surface area (Å²) in [5.74, 6) is 0.320. The van der Waals surface area contributed by atoms with Crippen molar-refractivity contribution in [2.24, 2.45) is 0 Å². The molecule has 0 bridgehead atoms. The molecule has 1 N–H and O–H groups in total. The molecular formula is C15H18ClN3O. The predicted molar refractivity (Wildman–Crippen MR) is 82.5 cm³/mol. The molecule has 1 atom stereocenters. The van der Waals surface area contributed by atoms with Gasteiger partial charge in [-0.1, -0.05) is 48.9 Å². The molecule has 1 aromatic heterocycles. The number of rotatable bonds is 5. The molecule has 0 amide bonds. The lowest BCUT2D eigenvalue weighted by molar-refractivity contribution is 0.616. The van der Waals surface area contributed by atoms with Crippen LogP contribution in [0.25, 0.3) is 0 Å². The first-order chi connectivity index (χ1) is 9.63. The molecule has 0 aliphatic carbocycles. The summed E-state index contributed by atoms with van der Waals surface area (Å²) in [5, 5.41) is 7.46. The van der Waals surface area contributed by atoms with Crippen LogP contribution in [0.5, 0.6) is 0 Å². The van der Waals surface area contributed by atoms with Gasteiger partial charge in [-0.25, -0.2) is 4.68 Å². The van der Waals surface area contributed by atoms with Gasteiger partial charge in [0.2, 0.25) is 0 Å². The van der Waals surface area contributed by atoms with Crippen LogP contribution in [0.1, 0.15) is 25.3 Å². The molecule has 0 aliphatic rings. The molecule has 0 fully saturated rings. The molecule has 2 aromatic rings. The zero-order valence-electron chi connectivity index (χ0n) is 11.6. The van der Waals surface area contributed by atoms with Crippen molar-refractivity contribution < 1.29 is 0 Å². The van der Waals surface area contributed by atoms with Gasteiger partial charge in [-0.2, -0.15) is 5.10 Å². The van der Waals surface area contributed by atoms with Crippen molar-refractivity contribution in [3.05, 3.63) is 57.5 Å². The van der Waals surface area contributed by atoms with Gasteiger partial charge < -0.3 is 5.32 Å². The van der Waals surface area contributed by atoms with E-state index < -0.39 is 0 Å². The van der Waals surface area contributed by atoms with Gasteiger partial charge >= 0.3 is 0 Å². The lowest BCUT2D eigenvalue weighted by Crippen LogP contribution is -2.24. The standard InChI is InChI=1S/C15H18ClN3O/c1-3-19-15(20)14(16)13(10-18-19)17-9-11(2)12-7-5-4-6-8-12/h4-8,10-11,17H,3,9H2,1-2H3. The number of nitrogens with zero attached hydrogens (tertiary/aromatic N) is 2. The van der Waals surface area contributed by atoms with Crippen molar-refractivity contribution in [2.75, 3.05) is 11.9 Å². The highest BCUT2D eigenvalue weighted by atomic mass is 35.5. The molecule has 0 spiro atoms. The van der Waals surface area contributed by atoms with Crippen LogP contribution in [0.15, 0.2) is 41.3 Å². The van der Waals surface area contributed by atoms with Gasteiger partial charge in [-0.15, -0.1) is 0 Å². The number of anilines is 1. The maximum atomic E-state index is 11.9. The largest absolute Gasteiger partial charge is 0.382 e. The van der Waals surface area contributed by atoms with Crippen molar-refractivity contribution in [1.29, 1.82) is 0 Å². The average Bonchev–Trinajstić information content (AvgIpc) is 2.49. The highest BCUT2D eigenvalue weighted by Crippen LogP contribution is 2.19. The van der Waals surface area contributed by atoms with E-state index in [1.807, 2.05) is 25.1 Å². The number of benzene rings is 1. The fourth-order valence-corrected chi connectivity index (χ4v) is 2.19. The van der Waals surface area contributed by atoms with E-state index in [4.69, 9.17) is 11.6 Å². The van der Waals surface area contributed by atoms with Gasteiger partial charge in [0.15, 0.2) is 0 Å².